The molecule has 4 nitrogen and oxygen atoms in total. The summed E-state index contributed by atoms with van der Waals surface area (Å²) < 4.78 is 24.8. The predicted molar refractivity (Wildman–Crippen MR) is 67.5 cm³/mol. The van der Waals surface area contributed by atoms with Crippen LogP contribution in [0, 0.1) is 12.7 Å². The van der Waals surface area contributed by atoms with Crippen LogP contribution in [0.2, 0.25) is 0 Å². The molecule has 0 atom stereocenters. The Labute approximate surface area is 112 Å². The summed E-state index contributed by atoms with van der Waals surface area (Å²) in [5.41, 5.74) is 0.240. The average Bonchev–Trinajstić information content (AvgIpc) is 2.37. The van der Waals surface area contributed by atoms with Crippen molar-refractivity contribution in [1.82, 2.24) is 9.97 Å². The third kappa shape index (κ3) is 2.59. The molecule has 2 aromatic rings. The van der Waals surface area contributed by atoms with E-state index in [1.54, 1.807) is 32.2 Å². The fourth-order valence-electron chi connectivity index (χ4n) is 1.30. The van der Waals surface area contributed by atoms with Gasteiger partial charge in [-0.15, -0.1) is 0 Å². The van der Waals surface area contributed by atoms with Crippen LogP contribution in [0.4, 0.5) is 4.39 Å². The maximum atomic E-state index is 13.7. The zero-order valence-corrected chi connectivity index (χ0v) is 11.4. The van der Waals surface area contributed by atoms with Crippen LogP contribution in [0.5, 0.6) is 17.4 Å². The molecule has 0 saturated heterocycles. The van der Waals surface area contributed by atoms with Gasteiger partial charge in [0.25, 0.3) is 5.88 Å². The Morgan fingerprint density at radius 3 is 2.72 bits per heavy atom. The minimum atomic E-state index is -0.569. The van der Waals surface area contributed by atoms with E-state index in [1.807, 2.05) is 0 Å². The van der Waals surface area contributed by atoms with E-state index in [0.29, 0.717) is 16.0 Å². The number of hydrogen-bond acceptors (Lipinski definition) is 4. The van der Waals surface area contributed by atoms with Crippen molar-refractivity contribution >= 4 is 15.9 Å². The molecule has 0 saturated carbocycles. The Morgan fingerprint density at radius 1 is 1.28 bits per heavy atom. The molecule has 0 fully saturated rings. The number of hydrogen-bond donors (Lipinski definition) is 0. The standard InChI is InChI=1S/C12H10BrFN2O2/c1-7-11(14)12(16-6-15-7)18-10-4-3-8(17-2)5-9(10)13/h3-6H,1-2H3. The molecule has 0 amide bonds. The lowest BCUT2D eigenvalue weighted by Gasteiger charge is -2.09. The molecule has 6 heteroatoms. The number of ether oxygens (including phenoxy) is 2. The summed E-state index contributed by atoms with van der Waals surface area (Å²) in [5.74, 6) is 0.454. The van der Waals surface area contributed by atoms with Crippen molar-refractivity contribution in [2.24, 2.45) is 0 Å². The Balaban J connectivity index is 2.31. The van der Waals surface area contributed by atoms with Crippen molar-refractivity contribution in [3.8, 4) is 17.4 Å². The average molecular weight is 313 g/mol. The molecule has 94 valence electrons. The van der Waals surface area contributed by atoms with Crippen molar-refractivity contribution in [3.05, 3.63) is 40.5 Å². The lowest BCUT2D eigenvalue weighted by atomic mass is 10.3. The van der Waals surface area contributed by atoms with E-state index in [2.05, 4.69) is 25.9 Å². The first-order valence-corrected chi connectivity index (χ1v) is 5.89. The summed E-state index contributed by atoms with van der Waals surface area (Å²) in [5, 5.41) is 0. The van der Waals surface area contributed by atoms with Gasteiger partial charge in [-0.05, 0) is 41.1 Å². The molecule has 1 aromatic heterocycles. The maximum Gasteiger partial charge on any atom is 0.259 e. The third-order valence-electron chi connectivity index (χ3n) is 2.28. The molecular formula is C12H10BrFN2O2. The molecule has 0 spiro atoms. The van der Waals surface area contributed by atoms with E-state index in [0.717, 1.165) is 0 Å². The van der Waals surface area contributed by atoms with Crippen LogP contribution >= 0.6 is 15.9 Å². The third-order valence-corrected chi connectivity index (χ3v) is 2.90. The van der Waals surface area contributed by atoms with E-state index in [4.69, 9.17) is 9.47 Å². The first-order valence-electron chi connectivity index (χ1n) is 5.10. The predicted octanol–water partition coefficient (Wildman–Crippen LogP) is 3.49. The summed E-state index contributed by atoms with van der Waals surface area (Å²) in [7, 11) is 1.57. The quantitative estimate of drug-likeness (QED) is 0.870. The van der Waals surface area contributed by atoms with Crippen LogP contribution in [0.1, 0.15) is 5.69 Å². The SMILES string of the molecule is COc1ccc(Oc2ncnc(C)c2F)c(Br)c1. The first kappa shape index (κ1) is 12.8. The molecule has 0 aliphatic rings. The van der Waals surface area contributed by atoms with Crippen molar-refractivity contribution in [1.29, 1.82) is 0 Å². The number of halogens is 2. The van der Waals surface area contributed by atoms with E-state index in [1.165, 1.54) is 6.33 Å². The summed E-state index contributed by atoms with van der Waals surface area (Å²) in [6.45, 7) is 1.55. The highest BCUT2D eigenvalue weighted by Gasteiger charge is 2.12. The molecule has 0 radical (unpaired) electrons. The van der Waals surface area contributed by atoms with Crippen LogP contribution in [0.25, 0.3) is 0 Å². The van der Waals surface area contributed by atoms with Gasteiger partial charge in [0, 0.05) is 0 Å². The van der Waals surface area contributed by atoms with Gasteiger partial charge >= 0.3 is 0 Å². The van der Waals surface area contributed by atoms with Gasteiger partial charge < -0.3 is 9.47 Å². The van der Waals surface area contributed by atoms with Gasteiger partial charge in [0.1, 0.15) is 17.8 Å². The largest absolute Gasteiger partial charge is 0.497 e. The molecule has 0 aliphatic carbocycles. The lowest BCUT2D eigenvalue weighted by molar-refractivity contribution is 0.403. The topological polar surface area (TPSA) is 44.2 Å². The molecule has 1 heterocycles. The van der Waals surface area contributed by atoms with Crippen molar-refractivity contribution in [3.63, 3.8) is 0 Å². The van der Waals surface area contributed by atoms with Crippen LogP contribution in [0.15, 0.2) is 29.0 Å². The normalized spacial score (nSPS) is 10.2. The van der Waals surface area contributed by atoms with Crippen molar-refractivity contribution in [2.45, 2.75) is 6.92 Å². The zero-order chi connectivity index (χ0) is 13.1. The van der Waals surface area contributed by atoms with E-state index in [9.17, 15) is 4.39 Å². The summed E-state index contributed by atoms with van der Waals surface area (Å²) in [6.07, 6.45) is 1.26. The summed E-state index contributed by atoms with van der Waals surface area (Å²) in [4.78, 5) is 7.49. The molecule has 18 heavy (non-hydrogen) atoms. The number of rotatable bonds is 3. The zero-order valence-electron chi connectivity index (χ0n) is 9.78. The fourth-order valence-corrected chi connectivity index (χ4v) is 1.74. The Bertz CT molecular complexity index is 578. The van der Waals surface area contributed by atoms with Gasteiger partial charge in [-0.3, -0.25) is 0 Å². The molecule has 0 unspecified atom stereocenters. The van der Waals surface area contributed by atoms with Crippen molar-refractivity contribution < 1.29 is 13.9 Å². The monoisotopic (exact) mass is 312 g/mol. The van der Waals surface area contributed by atoms with Crippen molar-refractivity contribution in [2.75, 3.05) is 7.11 Å². The minimum absolute atomic E-state index is 0.103. The Hall–Kier alpha value is -1.69. The summed E-state index contributed by atoms with van der Waals surface area (Å²) in [6, 6.07) is 5.10. The van der Waals surface area contributed by atoms with Gasteiger partial charge in [0.15, 0.2) is 0 Å². The number of benzene rings is 1. The van der Waals surface area contributed by atoms with Crippen LogP contribution in [-0.4, -0.2) is 17.1 Å². The minimum Gasteiger partial charge on any atom is -0.497 e. The highest BCUT2D eigenvalue weighted by molar-refractivity contribution is 9.10. The van der Waals surface area contributed by atoms with Gasteiger partial charge in [-0.25, -0.2) is 4.98 Å². The number of aryl methyl sites for hydroxylation is 1. The highest BCUT2D eigenvalue weighted by Crippen LogP contribution is 2.32. The van der Waals surface area contributed by atoms with Gasteiger partial charge in [-0.1, -0.05) is 0 Å². The Kier molecular flexibility index (Phi) is 3.76. The first-order chi connectivity index (χ1) is 8.61. The number of methoxy groups -OCH3 is 1. The highest BCUT2D eigenvalue weighted by atomic mass is 79.9. The molecule has 1 aromatic carbocycles. The lowest BCUT2D eigenvalue weighted by Crippen LogP contribution is -1.97. The second-order valence-electron chi connectivity index (χ2n) is 3.48. The van der Waals surface area contributed by atoms with E-state index >= 15 is 0 Å². The molecule has 0 N–H and O–H groups in total. The van der Waals surface area contributed by atoms with Crippen LogP contribution in [0.3, 0.4) is 0 Å². The Morgan fingerprint density at radius 2 is 2.06 bits per heavy atom. The van der Waals surface area contributed by atoms with Crippen LogP contribution < -0.4 is 9.47 Å². The maximum absolute atomic E-state index is 13.7. The van der Waals surface area contributed by atoms with E-state index in [-0.39, 0.29) is 11.6 Å². The van der Waals surface area contributed by atoms with Gasteiger partial charge in [0.2, 0.25) is 5.82 Å². The van der Waals surface area contributed by atoms with Gasteiger partial charge in [0.05, 0.1) is 17.3 Å². The fraction of sp³-hybridized carbons (Fsp3) is 0.167. The smallest absolute Gasteiger partial charge is 0.259 e. The molecule has 2 rings (SSSR count). The number of aromatic nitrogens is 2. The second kappa shape index (κ2) is 5.30. The molecular weight excluding hydrogens is 303 g/mol. The van der Waals surface area contributed by atoms with Gasteiger partial charge in [-0.2, -0.15) is 9.37 Å². The van der Waals surface area contributed by atoms with E-state index < -0.39 is 5.82 Å². The van der Waals surface area contributed by atoms with Crippen LogP contribution in [-0.2, 0) is 0 Å². The molecule has 0 aliphatic heterocycles. The second-order valence-corrected chi connectivity index (χ2v) is 4.33. The number of nitrogens with zero attached hydrogens (tertiary/aromatic N) is 2. The molecule has 0 bridgehead atoms. The summed E-state index contributed by atoms with van der Waals surface area (Å²) >= 11 is 3.32.